The van der Waals surface area contributed by atoms with Crippen molar-refractivity contribution in [1.82, 2.24) is 4.98 Å². The number of rotatable bonds is 2. The topological polar surface area (TPSA) is 56.0 Å². The van der Waals surface area contributed by atoms with Crippen molar-refractivity contribution in [2.24, 2.45) is 5.73 Å². The molecule has 0 saturated heterocycles. The van der Waals surface area contributed by atoms with E-state index >= 15 is 0 Å². The lowest BCUT2D eigenvalue weighted by Crippen LogP contribution is -2.11. The molecular weight excluding hydrogens is 257 g/mol. The molecule has 3 nitrogen and oxygen atoms in total. The fourth-order valence-corrected chi connectivity index (χ4v) is 1.57. The van der Waals surface area contributed by atoms with E-state index in [-0.39, 0.29) is 5.56 Å². The number of alkyl halides is 3. The van der Waals surface area contributed by atoms with E-state index in [9.17, 15) is 18.0 Å². The lowest BCUT2D eigenvalue weighted by Gasteiger charge is -2.08. The molecule has 0 aliphatic heterocycles. The Bertz CT molecular complexity index is 606. The lowest BCUT2D eigenvalue weighted by molar-refractivity contribution is -0.137. The third-order valence-corrected chi connectivity index (χ3v) is 2.53. The van der Waals surface area contributed by atoms with Crippen LogP contribution in [0.25, 0.3) is 11.3 Å². The first-order valence-corrected chi connectivity index (χ1v) is 5.31. The summed E-state index contributed by atoms with van der Waals surface area (Å²) in [5, 5.41) is 0. The lowest BCUT2D eigenvalue weighted by atomic mass is 10.1. The van der Waals surface area contributed by atoms with E-state index in [1.54, 1.807) is 0 Å². The summed E-state index contributed by atoms with van der Waals surface area (Å²) in [5.74, 6) is -0.636. The molecule has 0 atom stereocenters. The highest BCUT2D eigenvalue weighted by atomic mass is 19.4. The number of hydrogen-bond donors (Lipinski definition) is 1. The number of nitrogens with two attached hydrogens (primary N) is 1. The van der Waals surface area contributed by atoms with Gasteiger partial charge in [-0.25, -0.2) is 0 Å². The molecular formula is C13H9F3N2O. The molecule has 2 N–H and O–H groups in total. The van der Waals surface area contributed by atoms with Gasteiger partial charge in [0.1, 0.15) is 0 Å². The normalized spacial score (nSPS) is 11.3. The molecule has 19 heavy (non-hydrogen) atoms. The van der Waals surface area contributed by atoms with Gasteiger partial charge in [0.15, 0.2) is 0 Å². The number of benzene rings is 1. The van der Waals surface area contributed by atoms with Crippen LogP contribution in [0.4, 0.5) is 13.2 Å². The minimum atomic E-state index is -4.40. The van der Waals surface area contributed by atoms with Gasteiger partial charge in [0.05, 0.1) is 16.8 Å². The standard InChI is InChI=1S/C13H9F3N2O/c14-13(15,16)10-3-1-2-8(6-10)11-5-4-9(7-18-11)12(17)19/h1-7H,(H2,17,19). The summed E-state index contributed by atoms with van der Waals surface area (Å²) in [7, 11) is 0. The van der Waals surface area contributed by atoms with Crippen LogP contribution in [-0.4, -0.2) is 10.9 Å². The number of primary amides is 1. The number of carbonyl (C=O) groups excluding carboxylic acids is 1. The van der Waals surface area contributed by atoms with Crippen LogP contribution in [0.3, 0.4) is 0 Å². The van der Waals surface area contributed by atoms with Crippen molar-refractivity contribution < 1.29 is 18.0 Å². The van der Waals surface area contributed by atoms with Crippen molar-refractivity contribution in [3.05, 3.63) is 53.7 Å². The van der Waals surface area contributed by atoms with Crippen molar-refractivity contribution in [1.29, 1.82) is 0 Å². The van der Waals surface area contributed by atoms with E-state index < -0.39 is 17.6 Å². The number of nitrogens with zero attached hydrogens (tertiary/aromatic N) is 1. The van der Waals surface area contributed by atoms with Gasteiger partial charge in [0, 0.05) is 11.8 Å². The van der Waals surface area contributed by atoms with Crippen molar-refractivity contribution in [2.45, 2.75) is 6.18 Å². The van der Waals surface area contributed by atoms with Crippen LogP contribution < -0.4 is 5.73 Å². The number of halogens is 3. The average molecular weight is 266 g/mol. The Morgan fingerprint density at radius 3 is 2.42 bits per heavy atom. The first-order chi connectivity index (χ1) is 8.88. The van der Waals surface area contributed by atoms with Crippen LogP contribution in [0.15, 0.2) is 42.6 Å². The smallest absolute Gasteiger partial charge is 0.366 e. The van der Waals surface area contributed by atoms with Crippen LogP contribution in [0.2, 0.25) is 0 Å². The Kier molecular flexibility index (Phi) is 3.25. The van der Waals surface area contributed by atoms with Gasteiger partial charge >= 0.3 is 6.18 Å². The SMILES string of the molecule is NC(=O)c1ccc(-c2cccc(C(F)(F)F)c2)nc1. The van der Waals surface area contributed by atoms with Gasteiger partial charge in [-0.1, -0.05) is 12.1 Å². The Morgan fingerprint density at radius 2 is 1.89 bits per heavy atom. The van der Waals surface area contributed by atoms with Crippen molar-refractivity contribution in [3.63, 3.8) is 0 Å². The van der Waals surface area contributed by atoms with Crippen molar-refractivity contribution in [3.8, 4) is 11.3 Å². The maximum Gasteiger partial charge on any atom is 0.416 e. The zero-order valence-electron chi connectivity index (χ0n) is 9.61. The molecule has 0 fully saturated rings. The molecule has 0 aliphatic rings. The molecule has 1 amide bonds. The van der Waals surface area contributed by atoms with Gasteiger partial charge in [-0.05, 0) is 24.3 Å². The third kappa shape index (κ3) is 2.90. The Morgan fingerprint density at radius 1 is 1.16 bits per heavy atom. The Balaban J connectivity index is 2.39. The summed E-state index contributed by atoms with van der Waals surface area (Å²) in [4.78, 5) is 14.8. The van der Waals surface area contributed by atoms with Crippen LogP contribution >= 0.6 is 0 Å². The summed E-state index contributed by atoms with van der Waals surface area (Å²) in [6, 6.07) is 7.69. The number of hydrogen-bond acceptors (Lipinski definition) is 2. The predicted octanol–water partition coefficient (Wildman–Crippen LogP) is 2.87. The number of amides is 1. The highest BCUT2D eigenvalue weighted by Gasteiger charge is 2.30. The monoisotopic (exact) mass is 266 g/mol. The third-order valence-electron chi connectivity index (χ3n) is 2.53. The van der Waals surface area contributed by atoms with E-state index in [2.05, 4.69) is 4.98 Å². The molecule has 1 aromatic heterocycles. The van der Waals surface area contributed by atoms with Gasteiger partial charge in [0.2, 0.25) is 5.91 Å². The number of aromatic nitrogens is 1. The van der Waals surface area contributed by atoms with Crippen LogP contribution in [0.1, 0.15) is 15.9 Å². The van der Waals surface area contributed by atoms with Gasteiger partial charge in [-0.15, -0.1) is 0 Å². The fraction of sp³-hybridized carbons (Fsp3) is 0.0769. The molecule has 2 rings (SSSR count). The van der Waals surface area contributed by atoms with Crippen molar-refractivity contribution in [2.75, 3.05) is 0 Å². The van der Waals surface area contributed by atoms with E-state index in [1.165, 1.54) is 30.5 Å². The second kappa shape index (κ2) is 4.72. The van der Waals surface area contributed by atoms with E-state index in [4.69, 9.17) is 5.73 Å². The van der Waals surface area contributed by atoms with Gasteiger partial charge in [-0.3, -0.25) is 9.78 Å². The molecule has 2 aromatic rings. The quantitative estimate of drug-likeness (QED) is 0.908. The van der Waals surface area contributed by atoms with Gasteiger partial charge in [0.25, 0.3) is 0 Å². The molecule has 0 bridgehead atoms. The zero-order valence-corrected chi connectivity index (χ0v) is 9.61. The maximum absolute atomic E-state index is 12.6. The molecule has 0 unspecified atom stereocenters. The van der Waals surface area contributed by atoms with Gasteiger partial charge < -0.3 is 5.73 Å². The molecule has 98 valence electrons. The predicted molar refractivity (Wildman–Crippen MR) is 63.2 cm³/mol. The Hall–Kier alpha value is -2.37. The summed E-state index contributed by atoms with van der Waals surface area (Å²) >= 11 is 0. The first kappa shape index (κ1) is 13.1. The second-order valence-electron chi connectivity index (χ2n) is 3.87. The summed E-state index contributed by atoms with van der Waals surface area (Å²) in [6.07, 6.45) is -3.17. The molecule has 0 radical (unpaired) electrons. The second-order valence-corrected chi connectivity index (χ2v) is 3.87. The molecule has 1 aromatic carbocycles. The van der Waals surface area contributed by atoms with Crippen LogP contribution in [-0.2, 0) is 6.18 Å². The van der Waals surface area contributed by atoms with Gasteiger partial charge in [-0.2, -0.15) is 13.2 Å². The van der Waals surface area contributed by atoms with Crippen LogP contribution in [0.5, 0.6) is 0 Å². The first-order valence-electron chi connectivity index (χ1n) is 5.31. The number of carbonyl (C=O) groups is 1. The minimum absolute atomic E-state index is 0.204. The molecule has 0 aliphatic carbocycles. The van der Waals surface area contributed by atoms with Crippen molar-refractivity contribution >= 4 is 5.91 Å². The average Bonchev–Trinajstić information content (AvgIpc) is 2.38. The molecule has 0 spiro atoms. The zero-order chi connectivity index (χ0) is 14.0. The number of pyridine rings is 1. The Labute approximate surface area is 106 Å². The summed E-state index contributed by atoms with van der Waals surface area (Å²) < 4.78 is 37.7. The highest BCUT2D eigenvalue weighted by Crippen LogP contribution is 2.31. The maximum atomic E-state index is 12.6. The minimum Gasteiger partial charge on any atom is -0.366 e. The molecule has 1 heterocycles. The summed E-state index contributed by atoms with van der Waals surface area (Å²) in [5.41, 5.74) is 5.18. The molecule has 6 heteroatoms. The van der Waals surface area contributed by atoms with E-state index in [1.807, 2.05) is 0 Å². The van der Waals surface area contributed by atoms with E-state index in [0.29, 0.717) is 11.3 Å². The summed E-state index contributed by atoms with van der Waals surface area (Å²) in [6.45, 7) is 0. The fourth-order valence-electron chi connectivity index (χ4n) is 1.57. The van der Waals surface area contributed by atoms with Crippen LogP contribution in [0, 0.1) is 0 Å². The largest absolute Gasteiger partial charge is 0.416 e. The molecule has 0 saturated carbocycles. The highest BCUT2D eigenvalue weighted by molar-refractivity contribution is 5.92. The van der Waals surface area contributed by atoms with E-state index in [0.717, 1.165) is 12.1 Å².